The molecule has 0 saturated heterocycles. The molecule has 6 nitrogen and oxygen atoms in total. The first-order valence-corrected chi connectivity index (χ1v) is 34.8. The summed E-state index contributed by atoms with van der Waals surface area (Å²) < 4.78 is 17.0. The zero-order valence-electron chi connectivity index (χ0n) is 52.9. The summed E-state index contributed by atoms with van der Waals surface area (Å²) in [5.74, 6) is -0.887. The van der Waals surface area contributed by atoms with Gasteiger partial charge in [-0.2, -0.15) is 0 Å². The average Bonchev–Trinajstić information content (AvgIpc) is 3.45. The highest BCUT2D eigenvalue weighted by molar-refractivity contribution is 5.71. The second kappa shape index (κ2) is 67.6. The topological polar surface area (TPSA) is 78.9 Å². The van der Waals surface area contributed by atoms with E-state index in [0.717, 1.165) is 96.3 Å². The number of esters is 3. The smallest absolute Gasteiger partial charge is 0.306 e. The summed E-state index contributed by atoms with van der Waals surface area (Å²) >= 11 is 0. The minimum absolute atomic E-state index is 0.0797. The molecule has 1 atom stereocenters. The molecule has 0 heterocycles. The first kappa shape index (κ1) is 76.1. The Morgan fingerprint density at radius 1 is 0.266 bits per heavy atom. The van der Waals surface area contributed by atoms with Crippen LogP contribution in [-0.4, -0.2) is 37.2 Å². The van der Waals surface area contributed by atoms with Crippen LogP contribution in [0.3, 0.4) is 0 Å². The summed E-state index contributed by atoms with van der Waals surface area (Å²) in [6.07, 6.45) is 86.7. The highest BCUT2D eigenvalue weighted by atomic mass is 16.6. The van der Waals surface area contributed by atoms with Crippen LogP contribution in [0.15, 0.2) is 60.8 Å². The lowest BCUT2D eigenvalue weighted by Gasteiger charge is -2.18. The maximum atomic E-state index is 13.0. The number of carbonyl (C=O) groups is 3. The molecule has 0 radical (unpaired) electrons. The number of rotatable bonds is 64. The van der Waals surface area contributed by atoms with Gasteiger partial charge in [0.05, 0.1) is 0 Å². The number of allylic oxidation sites excluding steroid dienone is 10. The first-order chi connectivity index (χ1) is 39.0. The molecule has 1 unspecified atom stereocenters. The fourth-order valence-corrected chi connectivity index (χ4v) is 10.4. The minimum Gasteiger partial charge on any atom is -0.462 e. The van der Waals surface area contributed by atoms with Crippen LogP contribution in [0.4, 0.5) is 0 Å². The molecular formula is C73H132O6. The Labute approximate surface area is 491 Å². The second-order valence-corrected chi connectivity index (χ2v) is 23.4. The van der Waals surface area contributed by atoms with E-state index < -0.39 is 6.10 Å². The normalized spacial score (nSPS) is 12.4. The van der Waals surface area contributed by atoms with Crippen LogP contribution < -0.4 is 0 Å². The third-order valence-electron chi connectivity index (χ3n) is 15.5. The van der Waals surface area contributed by atoms with Crippen LogP contribution in [0, 0.1) is 0 Å². The molecule has 0 aliphatic rings. The van der Waals surface area contributed by atoms with E-state index in [1.807, 2.05) is 0 Å². The van der Waals surface area contributed by atoms with Crippen molar-refractivity contribution < 1.29 is 28.6 Å². The predicted octanol–water partition coefficient (Wildman–Crippen LogP) is 23.9. The number of carbonyl (C=O) groups excluding carboxylic acids is 3. The zero-order valence-corrected chi connectivity index (χ0v) is 52.9. The Bertz CT molecular complexity index is 1410. The van der Waals surface area contributed by atoms with E-state index in [1.165, 1.54) is 231 Å². The van der Waals surface area contributed by atoms with Crippen molar-refractivity contribution in [2.45, 2.75) is 374 Å². The quantitative estimate of drug-likeness (QED) is 0.0261. The van der Waals surface area contributed by atoms with Crippen molar-refractivity contribution >= 4 is 17.9 Å². The third-order valence-corrected chi connectivity index (χ3v) is 15.5. The van der Waals surface area contributed by atoms with E-state index in [-0.39, 0.29) is 31.1 Å². The number of ether oxygens (including phenoxy) is 3. The van der Waals surface area contributed by atoms with Gasteiger partial charge in [0.1, 0.15) is 13.2 Å². The van der Waals surface area contributed by atoms with Gasteiger partial charge in [-0.3, -0.25) is 14.4 Å². The Kier molecular flexibility index (Phi) is 65.1. The van der Waals surface area contributed by atoms with Crippen LogP contribution in [0.2, 0.25) is 0 Å². The van der Waals surface area contributed by atoms with Crippen molar-refractivity contribution in [1.29, 1.82) is 0 Å². The molecule has 0 fully saturated rings. The van der Waals surface area contributed by atoms with Gasteiger partial charge < -0.3 is 14.2 Å². The summed E-state index contributed by atoms with van der Waals surface area (Å²) in [5.41, 5.74) is 0. The number of hydrogen-bond donors (Lipinski definition) is 0. The van der Waals surface area contributed by atoms with Crippen molar-refractivity contribution in [2.24, 2.45) is 0 Å². The van der Waals surface area contributed by atoms with Crippen molar-refractivity contribution in [3.05, 3.63) is 60.8 Å². The molecule has 0 spiro atoms. The maximum Gasteiger partial charge on any atom is 0.306 e. The molecule has 0 saturated carbocycles. The fourth-order valence-electron chi connectivity index (χ4n) is 10.4. The summed E-state index contributed by atoms with van der Waals surface area (Å²) in [6, 6.07) is 0. The molecule has 0 bridgehead atoms. The van der Waals surface area contributed by atoms with Crippen molar-refractivity contribution in [3.8, 4) is 0 Å². The lowest BCUT2D eigenvalue weighted by atomic mass is 10.0. The Balaban J connectivity index is 4.36. The summed E-state index contributed by atoms with van der Waals surface area (Å²) in [7, 11) is 0. The van der Waals surface area contributed by atoms with E-state index >= 15 is 0 Å². The SMILES string of the molecule is CC/C=C\C/C=C\C/C=C\C/C=C\C/C=C\CCCCCC(=O)OCC(COC(=O)CCCCCCCCCCCCCCCCCCCCCCCC)OC(=O)CCCCCCCCCCCCCCCCCCCCCC. The Morgan fingerprint density at radius 3 is 0.772 bits per heavy atom. The Hall–Kier alpha value is -2.89. The van der Waals surface area contributed by atoms with Gasteiger partial charge in [-0.25, -0.2) is 0 Å². The van der Waals surface area contributed by atoms with Crippen LogP contribution in [0.5, 0.6) is 0 Å². The summed E-state index contributed by atoms with van der Waals surface area (Å²) in [5, 5.41) is 0. The predicted molar refractivity (Wildman–Crippen MR) is 344 cm³/mol. The van der Waals surface area contributed by atoms with Gasteiger partial charge in [-0.15, -0.1) is 0 Å². The van der Waals surface area contributed by atoms with Crippen LogP contribution in [0.1, 0.15) is 367 Å². The van der Waals surface area contributed by atoms with Crippen LogP contribution in [-0.2, 0) is 28.6 Å². The lowest BCUT2D eigenvalue weighted by molar-refractivity contribution is -0.167. The van der Waals surface area contributed by atoms with Gasteiger partial charge in [-0.05, 0) is 64.2 Å². The molecular weight excluding hydrogens is 973 g/mol. The van der Waals surface area contributed by atoms with Crippen molar-refractivity contribution in [1.82, 2.24) is 0 Å². The average molecular weight is 1110 g/mol. The van der Waals surface area contributed by atoms with Gasteiger partial charge in [-0.1, -0.05) is 345 Å². The Morgan fingerprint density at radius 2 is 0.494 bits per heavy atom. The van der Waals surface area contributed by atoms with Gasteiger partial charge >= 0.3 is 17.9 Å². The number of hydrogen-bond acceptors (Lipinski definition) is 6. The molecule has 6 heteroatoms. The minimum atomic E-state index is -0.787. The molecule has 0 aliphatic carbocycles. The standard InChI is InChI=1S/C73H132O6/c1-4-7-10-13-16-19-22-25-28-31-34-36-37-40-42-45-48-51-54-57-60-63-66-72(75)78-69-70(68-77-71(74)65-62-59-56-53-50-47-44-41-38-33-30-27-24-21-18-15-12-9-6-3)79-73(76)67-64-61-58-55-52-49-46-43-39-35-32-29-26-23-20-17-14-11-8-5-2/h9,12,18,21,27,30,38,41,47,50,70H,4-8,10-11,13-17,19-20,22-26,28-29,31-37,39-40,42-46,48-49,51-69H2,1-3H3/b12-9-,21-18-,30-27-,41-38-,50-47-. The van der Waals surface area contributed by atoms with Gasteiger partial charge in [0.25, 0.3) is 0 Å². The van der Waals surface area contributed by atoms with E-state index in [1.54, 1.807) is 0 Å². The van der Waals surface area contributed by atoms with E-state index in [9.17, 15) is 14.4 Å². The highest BCUT2D eigenvalue weighted by Crippen LogP contribution is 2.18. The van der Waals surface area contributed by atoms with Gasteiger partial charge in [0.15, 0.2) is 6.10 Å². The maximum absolute atomic E-state index is 13.0. The van der Waals surface area contributed by atoms with E-state index in [2.05, 4.69) is 81.5 Å². The molecule has 0 aromatic heterocycles. The van der Waals surface area contributed by atoms with Crippen LogP contribution in [0.25, 0.3) is 0 Å². The third kappa shape index (κ3) is 65.8. The molecule has 460 valence electrons. The van der Waals surface area contributed by atoms with E-state index in [0.29, 0.717) is 19.3 Å². The summed E-state index contributed by atoms with van der Waals surface area (Å²) in [6.45, 7) is 6.57. The second-order valence-electron chi connectivity index (χ2n) is 23.4. The highest BCUT2D eigenvalue weighted by Gasteiger charge is 2.19. The molecule has 0 amide bonds. The molecule has 0 aliphatic heterocycles. The van der Waals surface area contributed by atoms with Crippen molar-refractivity contribution in [3.63, 3.8) is 0 Å². The van der Waals surface area contributed by atoms with Gasteiger partial charge in [0, 0.05) is 19.3 Å². The fraction of sp³-hybridized carbons (Fsp3) is 0.822. The van der Waals surface area contributed by atoms with Crippen LogP contribution >= 0.6 is 0 Å². The summed E-state index contributed by atoms with van der Waals surface area (Å²) in [4.78, 5) is 38.5. The molecule has 0 N–H and O–H groups in total. The lowest BCUT2D eigenvalue weighted by Crippen LogP contribution is -2.30. The van der Waals surface area contributed by atoms with Gasteiger partial charge in [0.2, 0.25) is 0 Å². The molecule has 0 rings (SSSR count). The first-order valence-electron chi connectivity index (χ1n) is 34.8. The monoisotopic (exact) mass is 1110 g/mol. The molecule has 79 heavy (non-hydrogen) atoms. The van der Waals surface area contributed by atoms with E-state index in [4.69, 9.17) is 14.2 Å². The molecule has 0 aromatic carbocycles. The molecule has 0 aromatic rings. The van der Waals surface area contributed by atoms with Crippen molar-refractivity contribution in [2.75, 3.05) is 13.2 Å². The largest absolute Gasteiger partial charge is 0.462 e. The number of unbranched alkanes of at least 4 members (excludes halogenated alkanes) is 43. The zero-order chi connectivity index (χ0) is 57.1.